The quantitative estimate of drug-likeness (QED) is 0.625. The van der Waals surface area contributed by atoms with Crippen LogP contribution in [0.5, 0.6) is 0 Å². The van der Waals surface area contributed by atoms with Crippen LogP contribution in [0.25, 0.3) is 10.6 Å². The van der Waals surface area contributed by atoms with E-state index in [1.165, 1.54) is 23.6 Å². The van der Waals surface area contributed by atoms with Crippen LogP contribution >= 0.6 is 22.9 Å². The van der Waals surface area contributed by atoms with Gasteiger partial charge in [0.05, 0.1) is 16.9 Å². The molecule has 160 valence electrons. The maximum Gasteiger partial charge on any atom is 0.275 e. The van der Waals surface area contributed by atoms with Gasteiger partial charge in [0.2, 0.25) is 0 Å². The number of carbonyl (C=O) groups excluding carboxylic acids is 1. The average molecular weight is 452 g/mol. The molecule has 4 rings (SSSR count). The molecule has 0 radical (unpaired) electrons. The normalized spacial score (nSPS) is 16.3. The fourth-order valence-electron chi connectivity index (χ4n) is 2.78. The molecule has 0 bridgehead atoms. The van der Waals surface area contributed by atoms with Crippen molar-refractivity contribution in [3.05, 3.63) is 52.5 Å². The van der Waals surface area contributed by atoms with Crippen LogP contribution < -0.4 is 11.1 Å². The lowest BCUT2D eigenvalue weighted by Crippen LogP contribution is -2.19. The largest absolute Gasteiger partial charge is 0.381 e. The summed E-state index contributed by atoms with van der Waals surface area (Å²) in [5.41, 5.74) is 6.93. The number of rotatable bonds is 3. The van der Waals surface area contributed by atoms with Gasteiger partial charge in [0.25, 0.3) is 5.91 Å². The molecule has 1 amide bonds. The Labute approximate surface area is 183 Å². The number of carbonyl (C=O) groups is 1. The summed E-state index contributed by atoms with van der Waals surface area (Å²) in [5.74, 6) is -0.876. The fraction of sp³-hybridized carbons (Fsp3) is 0.350. The molecule has 1 fully saturated rings. The smallest absolute Gasteiger partial charge is 0.275 e. The van der Waals surface area contributed by atoms with Crippen molar-refractivity contribution in [2.24, 2.45) is 12.8 Å². The minimum Gasteiger partial charge on any atom is -0.381 e. The summed E-state index contributed by atoms with van der Waals surface area (Å²) in [5, 5.41) is 8.73. The topological polar surface area (TPSA) is 95.1 Å². The second-order valence-electron chi connectivity index (χ2n) is 6.80. The zero-order valence-corrected chi connectivity index (χ0v) is 18.0. The predicted octanol–water partition coefficient (Wildman–Crippen LogP) is 4.10. The van der Waals surface area contributed by atoms with Crippen molar-refractivity contribution in [3.8, 4) is 10.6 Å². The highest BCUT2D eigenvalue weighted by molar-refractivity contribution is 7.13. The molecule has 3 heterocycles. The van der Waals surface area contributed by atoms with Crippen molar-refractivity contribution in [3.63, 3.8) is 0 Å². The Morgan fingerprint density at radius 3 is 3.00 bits per heavy atom. The minimum absolute atomic E-state index is 0.00364. The summed E-state index contributed by atoms with van der Waals surface area (Å²) in [6, 6.07) is 4.88. The Hall–Kier alpha value is -2.33. The number of halogens is 2. The molecule has 30 heavy (non-hydrogen) atoms. The summed E-state index contributed by atoms with van der Waals surface area (Å²) in [6.07, 6.45) is 6.53. The SMILES string of the molecule is Cn1cc(NC(=O)c2csc(-c3cccc(F)c3Cl)n2)cn1.NC1CCCOCC1. The molecule has 0 spiro atoms. The van der Waals surface area contributed by atoms with E-state index in [4.69, 9.17) is 22.1 Å². The first-order valence-corrected chi connectivity index (χ1v) is 10.7. The number of anilines is 1. The second kappa shape index (κ2) is 10.6. The van der Waals surface area contributed by atoms with Crippen LogP contribution in [0.4, 0.5) is 10.1 Å². The van der Waals surface area contributed by atoms with Gasteiger partial charge >= 0.3 is 0 Å². The molecule has 3 N–H and O–H groups in total. The molecular formula is C20H23ClFN5O2S. The van der Waals surface area contributed by atoms with Crippen molar-refractivity contribution >= 4 is 34.5 Å². The van der Waals surface area contributed by atoms with E-state index in [2.05, 4.69) is 15.4 Å². The highest BCUT2D eigenvalue weighted by Gasteiger charge is 2.15. The molecule has 2 aromatic heterocycles. The van der Waals surface area contributed by atoms with Crippen molar-refractivity contribution in [1.29, 1.82) is 0 Å². The Morgan fingerprint density at radius 2 is 2.23 bits per heavy atom. The standard InChI is InChI=1S/C14H10ClFN4OS.C6H13NO/c1-20-6-8(5-17-20)18-13(21)11-7-22-14(19-11)9-3-2-4-10(16)12(9)15;7-6-2-1-4-8-5-3-6/h2-7H,1H3,(H,18,21);6H,1-5,7H2. The molecule has 10 heteroatoms. The number of nitrogens with two attached hydrogens (primary N) is 1. The van der Waals surface area contributed by atoms with Gasteiger partial charge in [-0.25, -0.2) is 9.37 Å². The molecule has 1 aliphatic heterocycles. The number of hydrogen-bond acceptors (Lipinski definition) is 6. The van der Waals surface area contributed by atoms with Crippen LogP contribution in [0.3, 0.4) is 0 Å². The van der Waals surface area contributed by atoms with Crippen LogP contribution in [0.2, 0.25) is 5.02 Å². The van der Waals surface area contributed by atoms with Gasteiger partial charge in [0.15, 0.2) is 0 Å². The molecule has 1 aliphatic rings. The number of nitrogens with zero attached hydrogens (tertiary/aromatic N) is 3. The van der Waals surface area contributed by atoms with Gasteiger partial charge in [0, 0.05) is 43.4 Å². The van der Waals surface area contributed by atoms with Gasteiger partial charge in [-0.1, -0.05) is 23.7 Å². The lowest BCUT2D eigenvalue weighted by Gasteiger charge is -2.02. The molecule has 1 saturated heterocycles. The molecule has 1 aromatic carbocycles. The Balaban J connectivity index is 0.000000269. The summed E-state index contributed by atoms with van der Waals surface area (Å²) in [4.78, 5) is 16.3. The maximum absolute atomic E-state index is 13.5. The molecular weight excluding hydrogens is 429 g/mol. The summed E-state index contributed by atoms with van der Waals surface area (Å²) in [7, 11) is 1.75. The van der Waals surface area contributed by atoms with E-state index >= 15 is 0 Å². The Kier molecular flexibility index (Phi) is 7.92. The van der Waals surface area contributed by atoms with Crippen molar-refractivity contribution < 1.29 is 13.9 Å². The summed E-state index contributed by atoms with van der Waals surface area (Å²) < 4.78 is 20.2. The van der Waals surface area contributed by atoms with Gasteiger partial charge in [-0.15, -0.1) is 11.3 Å². The third-order valence-corrected chi connectivity index (χ3v) is 5.64. The predicted molar refractivity (Wildman–Crippen MR) is 116 cm³/mol. The summed E-state index contributed by atoms with van der Waals surface area (Å²) in [6.45, 7) is 1.77. The van der Waals surface area contributed by atoms with Crippen molar-refractivity contribution in [2.75, 3.05) is 18.5 Å². The molecule has 1 atom stereocenters. The Morgan fingerprint density at radius 1 is 1.40 bits per heavy atom. The zero-order valence-electron chi connectivity index (χ0n) is 16.5. The maximum atomic E-state index is 13.5. The molecule has 0 saturated carbocycles. The minimum atomic E-state index is -0.518. The first-order chi connectivity index (χ1) is 14.4. The number of thiazole rings is 1. The first kappa shape index (κ1) is 22.4. The number of hydrogen-bond donors (Lipinski definition) is 2. The van der Waals surface area contributed by atoms with Gasteiger partial charge in [-0.05, 0) is 25.3 Å². The molecule has 7 nitrogen and oxygen atoms in total. The highest BCUT2D eigenvalue weighted by atomic mass is 35.5. The molecule has 1 unspecified atom stereocenters. The second-order valence-corrected chi connectivity index (χ2v) is 8.04. The number of aryl methyl sites for hydroxylation is 1. The summed E-state index contributed by atoms with van der Waals surface area (Å²) >= 11 is 7.15. The van der Waals surface area contributed by atoms with E-state index in [0.717, 1.165) is 32.5 Å². The van der Waals surface area contributed by atoms with E-state index < -0.39 is 5.82 Å². The zero-order chi connectivity index (χ0) is 21.5. The van der Waals surface area contributed by atoms with Gasteiger partial charge in [-0.2, -0.15) is 5.10 Å². The average Bonchev–Trinajstić information content (AvgIpc) is 3.30. The third kappa shape index (κ3) is 6.09. The number of ether oxygens (including phenoxy) is 1. The Bertz CT molecular complexity index is 985. The van der Waals surface area contributed by atoms with Crippen LogP contribution in [0.15, 0.2) is 36.0 Å². The third-order valence-electron chi connectivity index (χ3n) is 4.38. The molecule has 0 aliphatic carbocycles. The lowest BCUT2D eigenvalue weighted by molar-refractivity contribution is 0.102. The molecule has 3 aromatic rings. The van der Waals surface area contributed by atoms with Gasteiger partial charge < -0.3 is 15.8 Å². The monoisotopic (exact) mass is 451 g/mol. The van der Waals surface area contributed by atoms with E-state index in [1.54, 1.807) is 35.4 Å². The van der Waals surface area contributed by atoms with E-state index in [1.807, 2.05) is 0 Å². The van der Waals surface area contributed by atoms with Crippen LogP contribution in [0, 0.1) is 5.82 Å². The van der Waals surface area contributed by atoms with E-state index in [0.29, 0.717) is 22.3 Å². The first-order valence-electron chi connectivity index (χ1n) is 9.47. The van der Waals surface area contributed by atoms with Crippen molar-refractivity contribution in [1.82, 2.24) is 14.8 Å². The van der Waals surface area contributed by atoms with Crippen LogP contribution in [0.1, 0.15) is 29.8 Å². The fourth-order valence-corrected chi connectivity index (χ4v) is 3.88. The number of benzene rings is 1. The number of amides is 1. The van der Waals surface area contributed by atoms with Gasteiger partial charge in [0.1, 0.15) is 16.5 Å². The van der Waals surface area contributed by atoms with Gasteiger partial charge in [-0.3, -0.25) is 9.48 Å². The van der Waals surface area contributed by atoms with E-state index in [-0.39, 0.29) is 16.6 Å². The number of nitrogens with one attached hydrogen (secondary N) is 1. The van der Waals surface area contributed by atoms with E-state index in [9.17, 15) is 9.18 Å². The lowest BCUT2D eigenvalue weighted by atomic mass is 10.1. The number of aromatic nitrogens is 3. The highest BCUT2D eigenvalue weighted by Crippen LogP contribution is 2.32. The van der Waals surface area contributed by atoms with Crippen molar-refractivity contribution in [2.45, 2.75) is 25.3 Å². The van der Waals surface area contributed by atoms with Crippen LogP contribution in [-0.4, -0.2) is 39.9 Å². The van der Waals surface area contributed by atoms with Crippen LogP contribution in [-0.2, 0) is 11.8 Å².